The van der Waals surface area contributed by atoms with Crippen molar-refractivity contribution >= 4 is 11.8 Å². The Balaban J connectivity index is 1.56. The lowest BCUT2D eigenvalue weighted by molar-refractivity contribution is -0.134. The number of hydrogen-bond acceptors (Lipinski definition) is 3. The van der Waals surface area contributed by atoms with Crippen molar-refractivity contribution in [2.24, 2.45) is 13.0 Å². The molecule has 2 aromatic carbocycles. The molecule has 0 spiro atoms. The summed E-state index contributed by atoms with van der Waals surface area (Å²) in [4.78, 5) is 34.0. The average molecular weight is 447 g/mol. The molecule has 0 saturated carbocycles. The lowest BCUT2D eigenvalue weighted by atomic mass is 9.95. The highest BCUT2D eigenvalue weighted by molar-refractivity contribution is 5.91. The van der Waals surface area contributed by atoms with E-state index in [1.807, 2.05) is 24.3 Å². The van der Waals surface area contributed by atoms with Crippen LogP contribution in [0.2, 0.25) is 0 Å². The molecule has 7 heteroatoms. The van der Waals surface area contributed by atoms with Crippen molar-refractivity contribution in [3.8, 4) is 11.1 Å². The van der Waals surface area contributed by atoms with Crippen molar-refractivity contribution in [2.75, 3.05) is 26.2 Å². The molecular weight excluding hydrogens is 419 g/mol. The van der Waals surface area contributed by atoms with Crippen LogP contribution in [-0.4, -0.2) is 57.3 Å². The van der Waals surface area contributed by atoms with Crippen LogP contribution in [0.25, 0.3) is 11.1 Å². The second kappa shape index (κ2) is 9.81. The third-order valence-corrected chi connectivity index (χ3v) is 6.01. The van der Waals surface area contributed by atoms with Gasteiger partial charge in [0.1, 0.15) is 5.82 Å². The summed E-state index contributed by atoms with van der Waals surface area (Å²) in [5.74, 6) is -0.491. The number of amides is 2. The summed E-state index contributed by atoms with van der Waals surface area (Å²) in [7, 11) is 1.78. The Morgan fingerprint density at radius 2 is 1.94 bits per heavy atom. The lowest BCUT2D eigenvalue weighted by Gasteiger charge is -2.23. The molecule has 0 N–H and O–H groups in total. The predicted molar refractivity (Wildman–Crippen MR) is 125 cm³/mol. The van der Waals surface area contributed by atoms with Crippen LogP contribution >= 0.6 is 0 Å². The fraction of sp³-hybridized carbons (Fsp3) is 0.269. The Morgan fingerprint density at radius 3 is 2.61 bits per heavy atom. The fourth-order valence-corrected chi connectivity index (χ4v) is 4.23. The Bertz CT molecular complexity index is 1160. The van der Waals surface area contributed by atoms with Gasteiger partial charge in [-0.25, -0.2) is 9.37 Å². The maximum Gasteiger partial charge on any atom is 0.289 e. The Kier molecular flexibility index (Phi) is 6.68. The van der Waals surface area contributed by atoms with Gasteiger partial charge in [0.25, 0.3) is 5.91 Å². The molecule has 1 aromatic heterocycles. The molecule has 1 aliphatic rings. The van der Waals surface area contributed by atoms with E-state index in [0.717, 1.165) is 11.1 Å². The predicted octanol–water partition coefficient (Wildman–Crippen LogP) is 3.56. The average Bonchev–Trinajstić information content (AvgIpc) is 3.19. The van der Waals surface area contributed by atoms with Crippen LogP contribution in [0, 0.1) is 11.7 Å². The van der Waals surface area contributed by atoms with Gasteiger partial charge in [0.15, 0.2) is 5.82 Å². The van der Waals surface area contributed by atoms with Crippen molar-refractivity contribution in [2.45, 2.75) is 6.42 Å². The summed E-state index contributed by atoms with van der Waals surface area (Å²) < 4.78 is 15.8. The molecule has 170 valence electrons. The van der Waals surface area contributed by atoms with Gasteiger partial charge in [-0.3, -0.25) is 9.59 Å². The maximum absolute atomic E-state index is 14.1. The van der Waals surface area contributed by atoms with E-state index in [2.05, 4.69) is 11.6 Å². The molecule has 1 atom stereocenters. The van der Waals surface area contributed by atoms with Gasteiger partial charge in [-0.05, 0) is 23.6 Å². The second-order valence-corrected chi connectivity index (χ2v) is 8.26. The van der Waals surface area contributed by atoms with Gasteiger partial charge >= 0.3 is 0 Å². The Morgan fingerprint density at radius 1 is 1.18 bits per heavy atom. The summed E-state index contributed by atoms with van der Waals surface area (Å²) in [6.45, 7) is 5.40. The summed E-state index contributed by atoms with van der Waals surface area (Å²) in [5.41, 5.74) is 2.28. The molecule has 6 nitrogen and oxygen atoms in total. The fourth-order valence-electron chi connectivity index (χ4n) is 4.23. The Hall–Kier alpha value is -3.74. The molecular formula is C26H27FN4O2. The van der Waals surface area contributed by atoms with Gasteiger partial charge in [-0.1, -0.05) is 48.5 Å². The van der Waals surface area contributed by atoms with Gasteiger partial charge in [0.05, 0.1) is 5.92 Å². The summed E-state index contributed by atoms with van der Waals surface area (Å²) >= 11 is 0. The smallest absolute Gasteiger partial charge is 0.289 e. The molecule has 0 aliphatic carbocycles. The molecule has 0 bridgehead atoms. The minimum Gasteiger partial charge on any atom is -0.337 e. The van der Waals surface area contributed by atoms with Crippen LogP contribution in [-0.2, 0) is 18.3 Å². The Labute approximate surface area is 193 Å². The van der Waals surface area contributed by atoms with E-state index in [0.29, 0.717) is 44.0 Å². The third kappa shape index (κ3) is 4.87. The van der Waals surface area contributed by atoms with Crippen molar-refractivity contribution in [1.82, 2.24) is 19.4 Å². The van der Waals surface area contributed by atoms with Crippen molar-refractivity contribution in [1.29, 1.82) is 0 Å². The van der Waals surface area contributed by atoms with Crippen LogP contribution in [0.15, 0.2) is 73.6 Å². The van der Waals surface area contributed by atoms with Crippen LogP contribution in [0.1, 0.15) is 16.2 Å². The molecule has 4 rings (SSSR count). The number of carbonyl (C=O) groups is 2. The first-order valence-corrected chi connectivity index (χ1v) is 11.0. The summed E-state index contributed by atoms with van der Waals surface area (Å²) in [5, 5.41) is 0. The third-order valence-electron chi connectivity index (χ3n) is 6.01. The normalized spacial score (nSPS) is 16.5. The van der Waals surface area contributed by atoms with Crippen molar-refractivity contribution < 1.29 is 14.0 Å². The molecule has 2 amide bonds. The largest absolute Gasteiger partial charge is 0.337 e. The van der Waals surface area contributed by atoms with E-state index in [9.17, 15) is 14.0 Å². The summed E-state index contributed by atoms with van der Waals surface area (Å²) in [6.07, 6.45) is 5.51. The van der Waals surface area contributed by atoms with Crippen molar-refractivity contribution in [3.05, 3.63) is 90.8 Å². The van der Waals surface area contributed by atoms with Crippen molar-refractivity contribution in [3.63, 3.8) is 0 Å². The van der Waals surface area contributed by atoms with E-state index >= 15 is 0 Å². The van der Waals surface area contributed by atoms with E-state index in [1.54, 1.807) is 58.1 Å². The summed E-state index contributed by atoms with van der Waals surface area (Å²) in [6, 6.07) is 14.2. The number of imidazole rings is 1. The number of carbonyl (C=O) groups excluding carboxylic acids is 2. The monoisotopic (exact) mass is 446 g/mol. The zero-order chi connectivity index (χ0) is 23.4. The molecule has 0 radical (unpaired) electrons. The van der Waals surface area contributed by atoms with E-state index in [-0.39, 0.29) is 17.6 Å². The lowest BCUT2D eigenvalue weighted by Crippen LogP contribution is -2.38. The van der Waals surface area contributed by atoms with Gasteiger partial charge in [0.2, 0.25) is 5.91 Å². The first-order chi connectivity index (χ1) is 16.0. The SMILES string of the molecule is C=CCN1CCN(C(=O)c2nccn2C)CC(Cc2ccc(-c3ccccc3F)cc2)C1=O. The standard InChI is InChI=1S/C26H27FN4O2/c1-3-13-30-15-16-31(26(33)24-28-12-14-29(24)2)18-21(25(30)32)17-19-8-10-20(11-9-19)22-6-4-5-7-23(22)27/h3-12,14,21H,1,13,15-18H2,2H3. The van der Waals surface area contributed by atoms with E-state index in [1.165, 1.54) is 6.07 Å². The van der Waals surface area contributed by atoms with Gasteiger partial charge in [-0.15, -0.1) is 6.58 Å². The number of aryl methyl sites for hydroxylation is 1. The number of nitrogens with zero attached hydrogens (tertiary/aromatic N) is 4. The second-order valence-electron chi connectivity index (χ2n) is 8.26. The van der Waals surface area contributed by atoms with E-state index in [4.69, 9.17) is 0 Å². The van der Waals surface area contributed by atoms with E-state index < -0.39 is 5.92 Å². The molecule has 3 aromatic rings. The van der Waals surface area contributed by atoms with Gasteiger partial charge in [0, 0.05) is 51.2 Å². The molecule has 2 heterocycles. The number of halogens is 1. The first kappa shape index (κ1) is 22.5. The molecule has 33 heavy (non-hydrogen) atoms. The molecule has 1 fully saturated rings. The highest BCUT2D eigenvalue weighted by Crippen LogP contribution is 2.24. The molecule has 1 saturated heterocycles. The van der Waals surface area contributed by atoms with Crippen LogP contribution in [0.5, 0.6) is 0 Å². The number of hydrogen-bond donors (Lipinski definition) is 0. The molecule has 1 unspecified atom stereocenters. The number of rotatable bonds is 6. The van der Waals surface area contributed by atoms with Crippen LogP contribution < -0.4 is 0 Å². The quantitative estimate of drug-likeness (QED) is 0.544. The van der Waals surface area contributed by atoms with Gasteiger partial charge < -0.3 is 14.4 Å². The van der Waals surface area contributed by atoms with Gasteiger partial charge in [-0.2, -0.15) is 0 Å². The minimum absolute atomic E-state index is 0.00298. The maximum atomic E-state index is 14.1. The number of aromatic nitrogens is 2. The highest BCUT2D eigenvalue weighted by atomic mass is 19.1. The highest BCUT2D eigenvalue weighted by Gasteiger charge is 2.33. The zero-order valence-corrected chi connectivity index (χ0v) is 18.7. The van der Waals surface area contributed by atoms with Crippen LogP contribution in [0.3, 0.4) is 0 Å². The topological polar surface area (TPSA) is 58.4 Å². The minimum atomic E-state index is -0.393. The molecule has 1 aliphatic heterocycles. The zero-order valence-electron chi connectivity index (χ0n) is 18.7. The number of benzene rings is 2. The van der Waals surface area contributed by atoms with Crippen LogP contribution in [0.4, 0.5) is 4.39 Å². The first-order valence-electron chi connectivity index (χ1n) is 11.0.